The van der Waals surface area contributed by atoms with Gasteiger partial charge in [0.1, 0.15) is 6.61 Å². The molecular weight excluding hydrogens is 336 g/mol. The van der Waals surface area contributed by atoms with Crippen molar-refractivity contribution in [3.05, 3.63) is 0 Å². The number of hydrogen-bond acceptors (Lipinski definition) is 6. The molecule has 2 atom stereocenters. The Labute approximate surface area is 148 Å². The van der Waals surface area contributed by atoms with Gasteiger partial charge < -0.3 is 25.2 Å². The largest absolute Gasteiger partial charge is 0.481 e. The monoisotopic (exact) mass is 364 g/mol. The predicted molar refractivity (Wildman–Crippen MR) is 92.1 cm³/mol. The van der Waals surface area contributed by atoms with E-state index in [4.69, 9.17) is 14.6 Å². The topological polar surface area (TPSA) is 114 Å². The van der Waals surface area contributed by atoms with E-state index in [0.29, 0.717) is 38.5 Å². The minimum absolute atomic E-state index is 0.0207. The maximum Gasteiger partial charge on any atom is 0.306 e. The van der Waals surface area contributed by atoms with Crippen molar-refractivity contribution in [3.8, 4) is 0 Å². The van der Waals surface area contributed by atoms with E-state index in [9.17, 15) is 14.4 Å². The molecule has 0 radical (unpaired) electrons. The Morgan fingerprint density at radius 2 is 1.67 bits per heavy atom. The van der Waals surface area contributed by atoms with Gasteiger partial charge in [0, 0.05) is 24.8 Å². The molecule has 8 nitrogen and oxygen atoms in total. The SMILES string of the molecule is CC(CC(C)C(=O)NCCOCCOCC(=O)NCCS)C(=O)O. The third-order valence-corrected chi connectivity index (χ3v) is 3.38. The first-order valence-electron chi connectivity index (χ1n) is 7.92. The first kappa shape index (κ1) is 22.7. The normalized spacial score (nSPS) is 13.1. The molecule has 0 aromatic heterocycles. The average Bonchev–Trinajstić information content (AvgIpc) is 2.54. The van der Waals surface area contributed by atoms with Crippen LogP contribution in [-0.4, -0.2) is 68.2 Å². The zero-order valence-corrected chi connectivity index (χ0v) is 15.1. The maximum absolute atomic E-state index is 11.8. The molecule has 0 aliphatic rings. The molecule has 0 saturated heterocycles. The summed E-state index contributed by atoms with van der Waals surface area (Å²) < 4.78 is 10.4. The van der Waals surface area contributed by atoms with Crippen LogP contribution in [-0.2, 0) is 23.9 Å². The molecule has 2 unspecified atom stereocenters. The summed E-state index contributed by atoms with van der Waals surface area (Å²) in [5.74, 6) is -1.63. The van der Waals surface area contributed by atoms with Crippen LogP contribution < -0.4 is 10.6 Å². The molecule has 0 fully saturated rings. The zero-order valence-electron chi connectivity index (χ0n) is 14.2. The average molecular weight is 364 g/mol. The highest BCUT2D eigenvalue weighted by Gasteiger charge is 2.19. The lowest BCUT2D eigenvalue weighted by molar-refractivity contribution is -0.142. The summed E-state index contributed by atoms with van der Waals surface area (Å²) in [6.07, 6.45) is 0.297. The second-order valence-electron chi connectivity index (χ2n) is 5.41. The summed E-state index contributed by atoms with van der Waals surface area (Å²) in [7, 11) is 0. The van der Waals surface area contributed by atoms with Crippen LogP contribution in [0.25, 0.3) is 0 Å². The Morgan fingerprint density at radius 3 is 2.29 bits per heavy atom. The fourth-order valence-corrected chi connectivity index (χ4v) is 1.90. The molecule has 2 amide bonds. The molecule has 0 aliphatic heterocycles. The summed E-state index contributed by atoms with van der Waals surface area (Å²) in [5, 5.41) is 14.1. The van der Waals surface area contributed by atoms with Crippen LogP contribution in [0.3, 0.4) is 0 Å². The number of hydrogen-bond donors (Lipinski definition) is 4. The van der Waals surface area contributed by atoms with Gasteiger partial charge in [-0.05, 0) is 6.42 Å². The molecule has 0 rings (SSSR count). The van der Waals surface area contributed by atoms with Gasteiger partial charge in [-0.1, -0.05) is 13.8 Å². The van der Waals surface area contributed by atoms with Crippen LogP contribution in [0.15, 0.2) is 0 Å². The number of nitrogens with one attached hydrogen (secondary N) is 2. The highest BCUT2D eigenvalue weighted by atomic mass is 32.1. The summed E-state index contributed by atoms with van der Waals surface area (Å²) in [5.41, 5.74) is 0. The van der Waals surface area contributed by atoms with Gasteiger partial charge in [0.15, 0.2) is 0 Å². The Hall–Kier alpha value is -1.32. The van der Waals surface area contributed by atoms with Crippen molar-refractivity contribution >= 4 is 30.4 Å². The molecule has 3 N–H and O–H groups in total. The van der Waals surface area contributed by atoms with Crippen molar-refractivity contribution < 1.29 is 29.0 Å². The van der Waals surface area contributed by atoms with Gasteiger partial charge in [-0.2, -0.15) is 12.6 Å². The number of carbonyl (C=O) groups is 3. The molecule has 24 heavy (non-hydrogen) atoms. The highest BCUT2D eigenvalue weighted by Crippen LogP contribution is 2.11. The first-order valence-corrected chi connectivity index (χ1v) is 8.55. The number of rotatable bonds is 14. The number of carbonyl (C=O) groups excluding carboxylic acids is 2. The maximum atomic E-state index is 11.8. The van der Waals surface area contributed by atoms with E-state index in [1.165, 1.54) is 0 Å². The minimum atomic E-state index is -0.905. The van der Waals surface area contributed by atoms with Gasteiger partial charge in [-0.3, -0.25) is 14.4 Å². The van der Waals surface area contributed by atoms with Crippen LogP contribution in [0.4, 0.5) is 0 Å². The lowest BCUT2D eigenvalue weighted by Crippen LogP contribution is -2.33. The van der Waals surface area contributed by atoms with E-state index in [1.807, 2.05) is 0 Å². The Bertz CT molecular complexity index is 394. The molecule has 0 aliphatic carbocycles. The van der Waals surface area contributed by atoms with E-state index in [0.717, 1.165) is 0 Å². The van der Waals surface area contributed by atoms with Crippen LogP contribution in [0.1, 0.15) is 20.3 Å². The third-order valence-electron chi connectivity index (χ3n) is 3.16. The van der Waals surface area contributed by atoms with Crippen LogP contribution >= 0.6 is 12.6 Å². The molecule has 0 bridgehead atoms. The number of amides is 2. The number of ether oxygens (including phenoxy) is 2. The number of carboxylic acid groups (broad SMARTS) is 1. The third kappa shape index (κ3) is 12.1. The van der Waals surface area contributed by atoms with Gasteiger partial charge in [0.05, 0.1) is 25.7 Å². The first-order chi connectivity index (χ1) is 11.4. The van der Waals surface area contributed by atoms with Gasteiger partial charge in [-0.15, -0.1) is 0 Å². The molecule has 0 spiro atoms. The molecule has 9 heteroatoms. The van der Waals surface area contributed by atoms with Crippen molar-refractivity contribution in [2.75, 3.05) is 45.3 Å². The fraction of sp³-hybridized carbons (Fsp3) is 0.800. The Kier molecular flexibility index (Phi) is 13.3. The summed E-state index contributed by atoms with van der Waals surface area (Å²) in [6, 6.07) is 0. The minimum Gasteiger partial charge on any atom is -0.481 e. The van der Waals surface area contributed by atoms with Gasteiger partial charge in [0.25, 0.3) is 0 Å². The number of aliphatic carboxylic acids is 1. The van der Waals surface area contributed by atoms with Crippen molar-refractivity contribution in [3.63, 3.8) is 0 Å². The van der Waals surface area contributed by atoms with E-state index < -0.39 is 11.9 Å². The van der Waals surface area contributed by atoms with E-state index in [-0.39, 0.29) is 30.9 Å². The van der Waals surface area contributed by atoms with Crippen LogP contribution in [0.5, 0.6) is 0 Å². The Balaban J connectivity index is 3.54. The summed E-state index contributed by atoms with van der Waals surface area (Å²) >= 11 is 3.97. The molecular formula is C15H28N2O6S. The summed E-state index contributed by atoms with van der Waals surface area (Å²) in [6.45, 7) is 5.03. The van der Waals surface area contributed by atoms with Gasteiger partial charge in [0.2, 0.25) is 11.8 Å². The zero-order chi connectivity index (χ0) is 18.4. The number of thiol groups is 1. The molecule has 0 saturated carbocycles. The van der Waals surface area contributed by atoms with E-state index >= 15 is 0 Å². The van der Waals surface area contributed by atoms with Gasteiger partial charge in [-0.25, -0.2) is 0 Å². The Morgan fingerprint density at radius 1 is 1.00 bits per heavy atom. The van der Waals surface area contributed by atoms with Crippen LogP contribution in [0.2, 0.25) is 0 Å². The highest BCUT2D eigenvalue weighted by molar-refractivity contribution is 7.80. The predicted octanol–water partition coefficient (Wildman–Crippen LogP) is -0.0713. The van der Waals surface area contributed by atoms with Crippen molar-refractivity contribution in [2.45, 2.75) is 20.3 Å². The fourth-order valence-electron chi connectivity index (χ4n) is 1.79. The molecule has 0 heterocycles. The van der Waals surface area contributed by atoms with E-state index in [2.05, 4.69) is 23.3 Å². The van der Waals surface area contributed by atoms with Gasteiger partial charge >= 0.3 is 5.97 Å². The second-order valence-corrected chi connectivity index (χ2v) is 5.85. The number of carboxylic acids is 1. The standard InChI is InChI=1S/C15H28N2O6S/c1-11(9-12(2)15(20)21)14(19)17-3-5-22-6-7-23-10-13(18)16-4-8-24/h11-12,24H,3-10H2,1-2H3,(H,16,18)(H,17,19)(H,20,21). The quantitative estimate of drug-likeness (QED) is 0.253. The van der Waals surface area contributed by atoms with Crippen molar-refractivity contribution in [2.24, 2.45) is 11.8 Å². The lowest BCUT2D eigenvalue weighted by atomic mass is 9.97. The van der Waals surface area contributed by atoms with E-state index in [1.54, 1.807) is 13.8 Å². The smallest absolute Gasteiger partial charge is 0.306 e. The lowest BCUT2D eigenvalue weighted by Gasteiger charge is -2.14. The van der Waals surface area contributed by atoms with Crippen molar-refractivity contribution in [1.29, 1.82) is 0 Å². The molecule has 0 aromatic carbocycles. The van der Waals surface area contributed by atoms with Crippen LogP contribution in [0, 0.1) is 11.8 Å². The second kappa shape index (κ2) is 14.1. The molecule has 0 aromatic rings. The molecule has 140 valence electrons. The van der Waals surface area contributed by atoms with Crippen molar-refractivity contribution in [1.82, 2.24) is 10.6 Å². The summed E-state index contributed by atoms with van der Waals surface area (Å²) in [4.78, 5) is 33.7.